The lowest BCUT2D eigenvalue weighted by Gasteiger charge is -2.01. The molecule has 0 fully saturated rings. The first kappa shape index (κ1) is 11.9. The zero-order valence-electron chi connectivity index (χ0n) is 9.00. The van der Waals surface area contributed by atoms with Crippen molar-refractivity contribution in [3.05, 3.63) is 33.8 Å². The van der Waals surface area contributed by atoms with E-state index in [0.29, 0.717) is 0 Å². The Morgan fingerprint density at radius 1 is 1.56 bits per heavy atom. The van der Waals surface area contributed by atoms with Crippen LogP contribution < -0.4 is 5.32 Å². The monoisotopic (exact) mass is 301 g/mol. The molecule has 0 unspecified atom stereocenters. The number of imidazole rings is 1. The van der Waals surface area contributed by atoms with Gasteiger partial charge in [-0.2, -0.15) is 0 Å². The van der Waals surface area contributed by atoms with Gasteiger partial charge in [0.1, 0.15) is 10.4 Å². The molecule has 0 saturated heterocycles. The van der Waals surface area contributed by atoms with Crippen molar-refractivity contribution < 1.29 is 0 Å². The largest absolute Gasteiger partial charge is 0.320 e. The van der Waals surface area contributed by atoms with Crippen molar-refractivity contribution in [2.45, 2.75) is 12.8 Å². The third-order valence-corrected chi connectivity index (χ3v) is 3.33. The Labute approximate surface area is 108 Å². The molecule has 0 saturated carbocycles. The summed E-state index contributed by atoms with van der Waals surface area (Å²) in [5.41, 5.74) is 0.948. The number of hydrogen-bond donors (Lipinski definition) is 1. The fourth-order valence-corrected chi connectivity index (χ4v) is 2.69. The zero-order chi connectivity index (χ0) is 11.5. The van der Waals surface area contributed by atoms with Crippen molar-refractivity contribution in [1.29, 1.82) is 0 Å². The minimum Gasteiger partial charge on any atom is -0.320 e. The van der Waals surface area contributed by atoms with Crippen LogP contribution in [0.5, 0.6) is 0 Å². The van der Waals surface area contributed by atoms with Crippen molar-refractivity contribution in [3.8, 4) is 0 Å². The molecule has 86 valence electrons. The van der Waals surface area contributed by atoms with E-state index in [2.05, 4.69) is 26.2 Å². The highest BCUT2D eigenvalue weighted by Crippen LogP contribution is 2.26. The molecule has 0 atom stereocenters. The summed E-state index contributed by atoms with van der Waals surface area (Å²) in [6, 6.07) is 3.81. The minimum atomic E-state index is 0.724. The Morgan fingerprint density at radius 3 is 3.12 bits per heavy atom. The molecule has 2 rings (SSSR count). The Morgan fingerprint density at radius 2 is 2.38 bits per heavy atom. The molecule has 0 aliphatic heterocycles. The summed E-state index contributed by atoms with van der Waals surface area (Å²) in [6.45, 7) is 0.993. The van der Waals surface area contributed by atoms with Crippen molar-refractivity contribution in [2.75, 3.05) is 13.6 Å². The van der Waals surface area contributed by atoms with Gasteiger partial charge in [-0.05, 0) is 48.1 Å². The summed E-state index contributed by atoms with van der Waals surface area (Å²) >= 11 is 9.58. The highest BCUT2D eigenvalue weighted by molar-refractivity contribution is 9.10. The van der Waals surface area contributed by atoms with Crippen molar-refractivity contribution in [3.63, 3.8) is 0 Å². The lowest BCUT2D eigenvalue weighted by atomic mass is 10.3. The predicted octanol–water partition coefficient (Wildman–Crippen LogP) is 2.90. The van der Waals surface area contributed by atoms with Gasteiger partial charge in [0.2, 0.25) is 0 Å². The first-order valence-electron chi connectivity index (χ1n) is 5.19. The molecule has 0 bridgehead atoms. The van der Waals surface area contributed by atoms with Crippen LogP contribution in [0.15, 0.2) is 22.9 Å². The quantitative estimate of drug-likeness (QED) is 0.880. The second kappa shape index (κ2) is 5.17. The van der Waals surface area contributed by atoms with E-state index in [9.17, 15) is 0 Å². The number of halogens is 2. The van der Waals surface area contributed by atoms with Gasteiger partial charge in [-0.25, -0.2) is 4.98 Å². The standard InChI is InChI=1S/C11H13BrClN3/c1-14-6-2-5-9-15-11(12)10-8(13)4-3-7-16(9)10/h3-4,7,14H,2,5-6H2,1H3. The third-order valence-electron chi connectivity index (χ3n) is 2.47. The molecule has 0 aromatic carbocycles. The first-order valence-corrected chi connectivity index (χ1v) is 6.36. The zero-order valence-corrected chi connectivity index (χ0v) is 11.3. The molecule has 2 aromatic heterocycles. The first-order chi connectivity index (χ1) is 7.74. The minimum absolute atomic E-state index is 0.724. The molecule has 0 aliphatic rings. The van der Waals surface area contributed by atoms with Gasteiger partial charge in [-0.15, -0.1) is 0 Å². The molecule has 0 radical (unpaired) electrons. The molecule has 3 nitrogen and oxygen atoms in total. The van der Waals surface area contributed by atoms with Crippen LogP contribution in [0.4, 0.5) is 0 Å². The molecular formula is C11H13BrClN3. The molecule has 5 heteroatoms. The number of pyridine rings is 1. The Kier molecular flexibility index (Phi) is 3.84. The van der Waals surface area contributed by atoms with Gasteiger partial charge in [0, 0.05) is 12.6 Å². The summed E-state index contributed by atoms with van der Waals surface area (Å²) in [6.07, 6.45) is 4.00. The van der Waals surface area contributed by atoms with Crippen molar-refractivity contribution in [1.82, 2.24) is 14.7 Å². The van der Waals surface area contributed by atoms with Crippen LogP contribution in [0, 0.1) is 0 Å². The lowest BCUT2D eigenvalue weighted by molar-refractivity contribution is 0.700. The van der Waals surface area contributed by atoms with Gasteiger partial charge in [0.25, 0.3) is 0 Å². The van der Waals surface area contributed by atoms with Crippen molar-refractivity contribution >= 4 is 33.0 Å². The average Bonchev–Trinajstić information content (AvgIpc) is 2.58. The molecular weight excluding hydrogens is 289 g/mol. The fourth-order valence-electron chi connectivity index (χ4n) is 1.71. The van der Waals surface area contributed by atoms with E-state index in [1.54, 1.807) is 0 Å². The van der Waals surface area contributed by atoms with Crippen LogP contribution in [-0.2, 0) is 6.42 Å². The van der Waals surface area contributed by atoms with Crippen LogP contribution in [0.3, 0.4) is 0 Å². The van der Waals surface area contributed by atoms with E-state index in [4.69, 9.17) is 11.6 Å². The summed E-state index contributed by atoms with van der Waals surface area (Å²) < 4.78 is 2.86. The number of rotatable bonds is 4. The number of aryl methyl sites for hydroxylation is 1. The molecule has 0 aliphatic carbocycles. The van der Waals surface area contributed by atoms with E-state index in [1.807, 2.05) is 29.8 Å². The van der Waals surface area contributed by atoms with Crippen LogP contribution in [0.2, 0.25) is 5.02 Å². The van der Waals surface area contributed by atoms with Gasteiger partial charge in [-0.1, -0.05) is 11.6 Å². The average molecular weight is 303 g/mol. The lowest BCUT2D eigenvalue weighted by Crippen LogP contribution is -2.09. The van der Waals surface area contributed by atoms with E-state index in [-0.39, 0.29) is 0 Å². The topological polar surface area (TPSA) is 29.3 Å². The third kappa shape index (κ3) is 2.24. The maximum absolute atomic E-state index is 6.13. The van der Waals surface area contributed by atoms with Crippen molar-refractivity contribution in [2.24, 2.45) is 0 Å². The van der Waals surface area contributed by atoms with E-state index in [0.717, 1.165) is 40.4 Å². The fraction of sp³-hybridized carbons (Fsp3) is 0.364. The highest BCUT2D eigenvalue weighted by atomic mass is 79.9. The second-order valence-electron chi connectivity index (χ2n) is 3.60. The smallest absolute Gasteiger partial charge is 0.133 e. The molecule has 1 N–H and O–H groups in total. The van der Waals surface area contributed by atoms with Gasteiger partial charge < -0.3 is 9.72 Å². The Balaban J connectivity index is 2.36. The maximum atomic E-state index is 6.13. The number of nitrogens with zero attached hydrogens (tertiary/aromatic N) is 2. The normalized spacial score (nSPS) is 11.2. The maximum Gasteiger partial charge on any atom is 0.133 e. The van der Waals surface area contributed by atoms with E-state index in [1.165, 1.54) is 0 Å². The van der Waals surface area contributed by atoms with Gasteiger partial charge >= 0.3 is 0 Å². The second-order valence-corrected chi connectivity index (χ2v) is 4.76. The molecule has 2 heterocycles. The number of nitrogens with one attached hydrogen (secondary N) is 1. The summed E-state index contributed by atoms with van der Waals surface area (Å²) in [7, 11) is 1.95. The van der Waals surface area contributed by atoms with Crippen LogP contribution >= 0.6 is 27.5 Å². The Hall–Kier alpha value is -0.580. The highest BCUT2D eigenvalue weighted by Gasteiger charge is 2.10. The molecule has 0 spiro atoms. The molecule has 0 amide bonds. The van der Waals surface area contributed by atoms with Crippen LogP contribution in [0.25, 0.3) is 5.52 Å². The summed E-state index contributed by atoms with van der Waals surface area (Å²) in [5, 5.41) is 3.85. The SMILES string of the molecule is CNCCCc1nc(Br)c2c(Cl)cccn12. The number of hydrogen-bond acceptors (Lipinski definition) is 2. The summed E-state index contributed by atoms with van der Waals surface area (Å²) in [4.78, 5) is 4.49. The van der Waals surface area contributed by atoms with Crippen LogP contribution in [-0.4, -0.2) is 23.0 Å². The number of aromatic nitrogens is 2. The Bertz CT molecular complexity index is 495. The number of fused-ring (bicyclic) bond motifs is 1. The van der Waals surface area contributed by atoms with E-state index < -0.39 is 0 Å². The van der Waals surface area contributed by atoms with Crippen LogP contribution in [0.1, 0.15) is 12.2 Å². The molecule has 16 heavy (non-hydrogen) atoms. The van der Waals surface area contributed by atoms with Gasteiger partial charge in [0.05, 0.1) is 10.5 Å². The summed E-state index contributed by atoms with van der Waals surface area (Å²) in [5.74, 6) is 1.04. The van der Waals surface area contributed by atoms with Gasteiger partial charge in [0.15, 0.2) is 0 Å². The predicted molar refractivity (Wildman–Crippen MR) is 70.1 cm³/mol. The van der Waals surface area contributed by atoms with Gasteiger partial charge in [-0.3, -0.25) is 0 Å². The molecule has 2 aromatic rings. The van der Waals surface area contributed by atoms with E-state index >= 15 is 0 Å².